The molecule has 0 radical (unpaired) electrons. The van der Waals surface area contributed by atoms with Crippen LogP contribution in [0.3, 0.4) is 0 Å². The van der Waals surface area contributed by atoms with Gasteiger partial charge in [0.05, 0.1) is 0 Å². The van der Waals surface area contributed by atoms with Crippen LogP contribution in [0.1, 0.15) is 28.8 Å². The summed E-state index contributed by atoms with van der Waals surface area (Å²) in [5.74, 6) is -0.324. The molecule has 3 N–H and O–H groups in total. The van der Waals surface area contributed by atoms with E-state index in [2.05, 4.69) is 5.32 Å². The molecular formula is C19H20N2O3. The van der Waals surface area contributed by atoms with Gasteiger partial charge in [-0.3, -0.25) is 9.59 Å². The van der Waals surface area contributed by atoms with Crippen molar-refractivity contribution in [3.63, 3.8) is 0 Å². The number of rotatable bonds is 4. The highest BCUT2D eigenvalue weighted by Gasteiger charge is 2.35. The second kappa shape index (κ2) is 6.95. The Morgan fingerprint density at radius 3 is 2.33 bits per heavy atom. The summed E-state index contributed by atoms with van der Waals surface area (Å²) in [6.45, 7) is 0.965. The van der Waals surface area contributed by atoms with Crippen molar-refractivity contribution in [2.45, 2.75) is 18.4 Å². The Morgan fingerprint density at radius 2 is 1.62 bits per heavy atom. The van der Waals surface area contributed by atoms with E-state index >= 15 is 0 Å². The minimum atomic E-state index is -0.919. The molecule has 2 aromatic carbocycles. The second-order valence-electron chi connectivity index (χ2n) is 6.00. The SMILES string of the molecule is NC1(C(=O)Nc2cccc(C(=O)c3ccccc3)c2)CCOCC1. The third kappa shape index (κ3) is 3.53. The second-order valence-corrected chi connectivity index (χ2v) is 6.00. The van der Waals surface area contributed by atoms with E-state index in [1.807, 2.05) is 18.2 Å². The average Bonchev–Trinajstić information content (AvgIpc) is 2.62. The zero-order valence-electron chi connectivity index (χ0n) is 13.3. The van der Waals surface area contributed by atoms with Crippen LogP contribution in [0.4, 0.5) is 5.69 Å². The fourth-order valence-corrected chi connectivity index (χ4v) is 2.71. The monoisotopic (exact) mass is 324 g/mol. The Hall–Kier alpha value is -2.50. The summed E-state index contributed by atoms with van der Waals surface area (Å²) in [5.41, 5.74) is 6.97. The van der Waals surface area contributed by atoms with Gasteiger partial charge >= 0.3 is 0 Å². The first-order valence-electron chi connectivity index (χ1n) is 7.96. The molecular weight excluding hydrogens is 304 g/mol. The van der Waals surface area contributed by atoms with E-state index in [1.165, 1.54) is 0 Å². The zero-order chi connectivity index (χ0) is 17.0. The van der Waals surface area contributed by atoms with Gasteiger partial charge < -0.3 is 15.8 Å². The van der Waals surface area contributed by atoms with Crippen LogP contribution in [0.25, 0.3) is 0 Å². The number of nitrogens with two attached hydrogens (primary N) is 1. The Morgan fingerprint density at radius 1 is 0.958 bits per heavy atom. The molecule has 0 unspecified atom stereocenters. The number of ether oxygens (including phenoxy) is 1. The van der Waals surface area contributed by atoms with Gasteiger partial charge in [0.1, 0.15) is 5.54 Å². The third-order valence-corrected chi connectivity index (χ3v) is 4.26. The van der Waals surface area contributed by atoms with E-state index < -0.39 is 5.54 Å². The first kappa shape index (κ1) is 16.4. The number of nitrogens with one attached hydrogen (secondary N) is 1. The molecule has 2 aromatic rings. The van der Waals surface area contributed by atoms with Crippen LogP contribution in [0.15, 0.2) is 54.6 Å². The fraction of sp³-hybridized carbons (Fsp3) is 0.263. The maximum absolute atomic E-state index is 12.5. The Labute approximate surface area is 140 Å². The predicted molar refractivity (Wildman–Crippen MR) is 91.9 cm³/mol. The van der Waals surface area contributed by atoms with Crippen molar-refractivity contribution in [2.24, 2.45) is 5.73 Å². The van der Waals surface area contributed by atoms with Gasteiger partial charge in [-0.05, 0) is 25.0 Å². The standard InChI is InChI=1S/C19H20N2O3/c20-19(9-11-24-12-10-19)18(23)21-16-8-4-7-15(13-16)17(22)14-5-2-1-3-6-14/h1-8,13H,9-12,20H2,(H,21,23). The molecule has 0 aliphatic carbocycles. The number of hydrogen-bond acceptors (Lipinski definition) is 4. The molecule has 1 saturated heterocycles. The highest BCUT2D eigenvalue weighted by Crippen LogP contribution is 2.21. The fourth-order valence-electron chi connectivity index (χ4n) is 2.71. The third-order valence-electron chi connectivity index (χ3n) is 4.26. The molecule has 5 heteroatoms. The predicted octanol–water partition coefficient (Wildman–Crippen LogP) is 2.36. The molecule has 0 spiro atoms. The van der Waals surface area contributed by atoms with Crippen LogP contribution >= 0.6 is 0 Å². The molecule has 24 heavy (non-hydrogen) atoms. The summed E-state index contributed by atoms with van der Waals surface area (Å²) in [6.07, 6.45) is 0.975. The van der Waals surface area contributed by atoms with E-state index in [1.54, 1.807) is 36.4 Å². The maximum atomic E-state index is 12.5. The van der Waals surface area contributed by atoms with Crippen LogP contribution in [-0.2, 0) is 9.53 Å². The van der Waals surface area contributed by atoms with Gasteiger partial charge in [-0.15, -0.1) is 0 Å². The normalized spacial score (nSPS) is 16.4. The van der Waals surface area contributed by atoms with Crippen molar-refractivity contribution >= 4 is 17.4 Å². The van der Waals surface area contributed by atoms with E-state index in [9.17, 15) is 9.59 Å². The number of anilines is 1. The van der Waals surface area contributed by atoms with Crippen LogP contribution in [-0.4, -0.2) is 30.4 Å². The van der Waals surface area contributed by atoms with Gasteiger partial charge in [0.25, 0.3) is 0 Å². The van der Waals surface area contributed by atoms with Crippen molar-refractivity contribution in [3.05, 3.63) is 65.7 Å². The summed E-state index contributed by atoms with van der Waals surface area (Å²) in [6, 6.07) is 16.0. The number of carbonyl (C=O) groups is 2. The zero-order valence-corrected chi connectivity index (χ0v) is 13.3. The van der Waals surface area contributed by atoms with Crippen LogP contribution < -0.4 is 11.1 Å². The summed E-state index contributed by atoms with van der Waals surface area (Å²) >= 11 is 0. The summed E-state index contributed by atoms with van der Waals surface area (Å²) in [5, 5.41) is 2.83. The molecule has 0 aromatic heterocycles. The van der Waals surface area contributed by atoms with Gasteiger partial charge in [-0.2, -0.15) is 0 Å². The molecule has 3 rings (SSSR count). The lowest BCUT2D eigenvalue weighted by molar-refractivity contribution is -0.124. The Kier molecular flexibility index (Phi) is 4.74. The maximum Gasteiger partial charge on any atom is 0.244 e. The molecule has 5 nitrogen and oxygen atoms in total. The molecule has 0 atom stereocenters. The van der Waals surface area contributed by atoms with Crippen LogP contribution in [0, 0.1) is 0 Å². The molecule has 0 bridgehead atoms. The van der Waals surface area contributed by atoms with Gasteiger partial charge in [0.15, 0.2) is 5.78 Å². The van der Waals surface area contributed by atoms with Gasteiger partial charge in [-0.1, -0.05) is 42.5 Å². The van der Waals surface area contributed by atoms with Crippen molar-refractivity contribution in [3.8, 4) is 0 Å². The number of ketones is 1. The van der Waals surface area contributed by atoms with Gasteiger partial charge in [-0.25, -0.2) is 0 Å². The molecule has 1 amide bonds. The smallest absolute Gasteiger partial charge is 0.244 e. The first-order chi connectivity index (χ1) is 11.6. The molecule has 124 valence electrons. The molecule has 0 saturated carbocycles. The highest BCUT2D eigenvalue weighted by molar-refractivity contribution is 6.10. The molecule has 1 aliphatic heterocycles. The van der Waals surface area contributed by atoms with E-state index in [-0.39, 0.29) is 11.7 Å². The number of amides is 1. The quantitative estimate of drug-likeness (QED) is 0.846. The number of hydrogen-bond donors (Lipinski definition) is 2. The molecule has 1 fully saturated rings. The van der Waals surface area contributed by atoms with Gasteiger partial charge in [0, 0.05) is 30.0 Å². The Balaban J connectivity index is 1.76. The lowest BCUT2D eigenvalue weighted by Gasteiger charge is -2.31. The summed E-state index contributed by atoms with van der Waals surface area (Å²) in [7, 11) is 0. The van der Waals surface area contributed by atoms with Gasteiger partial charge in [0.2, 0.25) is 5.91 Å². The topological polar surface area (TPSA) is 81.4 Å². The Bertz CT molecular complexity index is 737. The van der Waals surface area contributed by atoms with E-state index in [0.29, 0.717) is 42.9 Å². The average molecular weight is 324 g/mol. The highest BCUT2D eigenvalue weighted by atomic mass is 16.5. The van der Waals surface area contributed by atoms with E-state index in [4.69, 9.17) is 10.5 Å². The van der Waals surface area contributed by atoms with Crippen LogP contribution in [0.2, 0.25) is 0 Å². The number of carbonyl (C=O) groups excluding carboxylic acids is 2. The largest absolute Gasteiger partial charge is 0.381 e. The molecule has 1 aliphatic rings. The van der Waals surface area contributed by atoms with E-state index in [0.717, 1.165) is 0 Å². The first-order valence-corrected chi connectivity index (χ1v) is 7.96. The van der Waals surface area contributed by atoms with Crippen molar-refractivity contribution < 1.29 is 14.3 Å². The van der Waals surface area contributed by atoms with Crippen molar-refractivity contribution in [1.29, 1.82) is 0 Å². The lowest BCUT2D eigenvalue weighted by atomic mass is 9.90. The lowest BCUT2D eigenvalue weighted by Crippen LogP contribution is -2.54. The summed E-state index contributed by atoms with van der Waals surface area (Å²) in [4.78, 5) is 25.0. The summed E-state index contributed by atoms with van der Waals surface area (Å²) < 4.78 is 5.26. The molecule has 1 heterocycles. The number of benzene rings is 2. The van der Waals surface area contributed by atoms with Crippen molar-refractivity contribution in [2.75, 3.05) is 18.5 Å². The minimum Gasteiger partial charge on any atom is -0.381 e. The van der Waals surface area contributed by atoms with Crippen molar-refractivity contribution in [1.82, 2.24) is 0 Å². The van der Waals surface area contributed by atoms with Crippen LogP contribution in [0.5, 0.6) is 0 Å². The minimum absolute atomic E-state index is 0.0831.